The van der Waals surface area contributed by atoms with Gasteiger partial charge in [-0.15, -0.1) is 11.3 Å². The molecule has 0 radical (unpaired) electrons. The minimum absolute atomic E-state index is 0.00889. The number of likely N-dealkylation sites (N-methyl/N-ethyl adjacent to an activating group) is 1. The maximum Gasteiger partial charge on any atom is 0.232 e. The zero-order valence-electron chi connectivity index (χ0n) is 12.6. The first kappa shape index (κ1) is 15.2. The minimum Gasteiger partial charge on any atom is -0.399 e. The molecule has 1 amide bonds. The zero-order chi connectivity index (χ0) is 16.2. The van der Waals surface area contributed by atoms with Gasteiger partial charge in [-0.25, -0.2) is 4.98 Å². The lowest BCUT2D eigenvalue weighted by molar-refractivity contribution is -0.117. The number of nitrogen functional groups attached to an aromatic ring is 1. The van der Waals surface area contributed by atoms with E-state index in [1.807, 2.05) is 29.6 Å². The highest BCUT2D eigenvalue weighted by Crippen LogP contribution is 2.26. The molecule has 2 aromatic heterocycles. The molecule has 0 unspecified atom stereocenters. The number of aromatic nitrogens is 2. The van der Waals surface area contributed by atoms with Crippen LogP contribution in [-0.2, 0) is 11.2 Å². The summed E-state index contributed by atoms with van der Waals surface area (Å²) in [5, 5.41) is 2.62. The van der Waals surface area contributed by atoms with E-state index in [2.05, 4.69) is 9.97 Å². The van der Waals surface area contributed by atoms with Gasteiger partial charge in [-0.05, 0) is 29.8 Å². The summed E-state index contributed by atoms with van der Waals surface area (Å²) >= 11 is 1.45. The molecule has 0 atom stereocenters. The highest BCUT2D eigenvalue weighted by molar-refractivity contribution is 7.14. The van der Waals surface area contributed by atoms with Crippen LogP contribution < -0.4 is 10.6 Å². The topological polar surface area (TPSA) is 72.1 Å². The molecule has 0 saturated heterocycles. The monoisotopic (exact) mass is 324 g/mol. The molecule has 23 heavy (non-hydrogen) atoms. The fraction of sp³-hybridized carbons (Fsp3) is 0.118. The lowest BCUT2D eigenvalue weighted by Gasteiger charge is -2.13. The highest BCUT2D eigenvalue weighted by atomic mass is 32.1. The van der Waals surface area contributed by atoms with Crippen LogP contribution in [-0.4, -0.2) is 22.9 Å². The van der Waals surface area contributed by atoms with Crippen LogP contribution in [0, 0.1) is 0 Å². The summed E-state index contributed by atoms with van der Waals surface area (Å²) in [6.45, 7) is 0. The molecule has 0 aliphatic rings. The van der Waals surface area contributed by atoms with Crippen molar-refractivity contribution in [3.63, 3.8) is 0 Å². The van der Waals surface area contributed by atoms with Crippen molar-refractivity contribution in [1.29, 1.82) is 0 Å². The van der Waals surface area contributed by atoms with Crippen molar-refractivity contribution >= 4 is 28.1 Å². The quantitative estimate of drug-likeness (QED) is 0.749. The lowest BCUT2D eigenvalue weighted by Crippen LogP contribution is -2.27. The predicted molar refractivity (Wildman–Crippen MR) is 93.3 cm³/mol. The van der Waals surface area contributed by atoms with Crippen molar-refractivity contribution in [1.82, 2.24) is 9.97 Å². The molecule has 2 heterocycles. The summed E-state index contributed by atoms with van der Waals surface area (Å²) in [7, 11) is 1.74. The molecular formula is C17H16N4OS. The van der Waals surface area contributed by atoms with E-state index in [1.165, 1.54) is 11.3 Å². The Morgan fingerprint density at radius 3 is 2.57 bits per heavy atom. The third kappa shape index (κ3) is 3.54. The summed E-state index contributed by atoms with van der Waals surface area (Å²) < 4.78 is 0. The number of hydrogen-bond acceptors (Lipinski definition) is 5. The molecule has 3 rings (SSSR count). The van der Waals surface area contributed by atoms with E-state index in [9.17, 15) is 4.79 Å². The number of benzene rings is 1. The maximum absolute atomic E-state index is 12.4. The number of nitrogens with two attached hydrogens (primary N) is 1. The van der Waals surface area contributed by atoms with Crippen molar-refractivity contribution in [3.8, 4) is 11.3 Å². The second-order valence-corrected chi connectivity index (χ2v) is 5.96. The Kier molecular flexibility index (Phi) is 4.34. The van der Waals surface area contributed by atoms with E-state index in [-0.39, 0.29) is 5.91 Å². The van der Waals surface area contributed by atoms with Gasteiger partial charge in [0, 0.05) is 36.1 Å². The summed E-state index contributed by atoms with van der Waals surface area (Å²) in [5.74, 6) is -0.00889. The number of carbonyl (C=O) groups excluding carboxylic acids is 1. The number of anilines is 2. The van der Waals surface area contributed by atoms with Crippen LogP contribution in [0.15, 0.2) is 54.2 Å². The number of thiazole rings is 1. The normalized spacial score (nSPS) is 10.5. The van der Waals surface area contributed by atoms with Gasteiger partial charge in [0.2, 0.25) is 5.91 Å². The molecule has 0 saturated carbocycles. The van der Waals surface area contributed by atoms with Gasteiger partial charge in [-0.1, -0.05) is 12.1 Å². The van der Waals surface area contributed by atoms with Crippen LogP contribution in [0.1, 0.15) is 5.56 Å². The fourth-order valence-electron chi connectivity index (χ4n) is 2.11. The molecule has 3 aromatic rings. The van der Waals surface area contributed by atoms with E-state index in [0.29, 0.717) is 17.2 Å². The van der Waals surface area contributed by atoms with Crippen molar-refractivity contribution in [3.05, 3.63) is 59.7 Å². The molecule has 6 heteroatoms. The lowest BCUT2D eigenvalue weighted by atomic mass is 10.1. The van der Waals surface area contributed by atoms with Gasteiger partial charge in [-0.3, -0.25) is 14.7 Å². The smallest absolute Gasteiger partial charge is 0.232 e. The third-order valence-electron chi connectivity index (χ3n) is 3.46. The van der Waals surface area contributed by atoms with E-state index in [1.54, 1.807) is 36.5 Å². The molecule has 0 aliphatic carbocycles. The number of pyridine rings is 1. The van der Waals surface area contributed by atoms with Crippen LogP contribution in [0.2, 0.25) is 0 Å². The van der Waals surface area contributed by atoms with E-state index in [4.69, 9.17) is 5.73 Å². The fourth-order valence-corrected chi connectivity index (χ4v) is 2.93. The molecule has 2 N–H and O–H groups in total. The SMILES string of the molecule is CN(C(=O)Cc1ccc(N)cc1)c1nc(-c2ccncc2)cs1. The first-order valence-electron chi connectivity index (χ1n) is 7.10. The number of amides is 1. The van der Waals surface area contributed by atoms with Gasteiger partial charge < -0.3 is 5.73 Å². The van der Waals surface area contributed by atoms with Gasteiger partial charge in [0.25, 0.3) is 0 Å². The van der Waals surface area contributed by atoms with Gasteiger partial charge in [0.15, 0.2) is 5.13 Å². The Morgan fingerprint density at radius 1 is 1.17 bits per heavy atom. The average Bonchev–Trinajstić information content (AvgIpc) is 3.07. The van der Waals surface area contributed by atoms with E-state index in [0.717, 1.165) is 16.8 Å². The Bertz CT molecular complexity index is 799. The summed E-state index contributed by atoms with van der Waals surface area (Å²) in [6, 6.07) is 11.1. The largest absolute Gasteiger partial charge is 0.399 e. The third-order valence-corrected chi connectivity index (χ3v) is 4.38. The van der Waals surface area contributed by atoms with Gasteiger partial charge in [0.05, 0.1) is 12.1 Å². The zero-order valence-corrected chi connectivity index (χ0v) is 13.5. The number of nitrogens with zero attached hydrogens (tertiary/aromatic N) is 3. The minimum atomic E-state index is -0.00889. The van der Waals surface area contributed by atoms with Crippen LogP contribution in [0.3, 0.4) is 0 Å². The Hall–Kier alpha value is -2.73. The standard InChI is InChI=1S/C17H16N4OS/c1-21(16(22)10-12-2-4-14(18)5-3-12)17-20-15(11-23-17)13-6-8-19-9-7-13/h2-9,11H,10,18H2,1H3. The number of rotatable bonds is 4. The Balaban J connectivity index is 1.72. The summed E-state index contributed by atoms with van der Waals surface area (Å²) in [6.07, 6.45) is 3.77. The predicted octanol–water partition coefficient (Wildman–Crippen LogP) is 2.99. The average molecular weight is 324 g/mol. The molecule has 0 fully saturated rings. The van der Waals surface area contributed by atoms with Crippen molar-refractivity contribution in [2.24, 2.45) is 0 Å². The van der Waals surface area contributed by atoms with Gasteiger partial charge in [0.1, 0.15) is 0 Å². The molecule has 1 aromatic carbocycles. The van der Waals surface area contributed by atoms with Crippen LogP contribution in [0.5, 0.6) is 0 Å². The van der Waals surface area contributed by atoms with Crippen LogP contribution in [0.25, 0.3) is 11.3 Å². The first-order valence-corrected chi connectivity index (χ1v) is 7.98. The second kappa shape index (κ2) is 6.58. The van der Waals surface area contributed by atoms with Gasteiger partial charge in [-0.2, -0.15) is 0 Å². The maximum atomic E-state index is 12.4. The highest BCUT2D eigenvalue weighted by Gasteiger charge is 2.15. The summed E-state index contributed by atoms with van der Waals surface area (Å²) in [4.78, 5) is 22.5. The summed E-state index contributed by atoms with van der Waals surface area (Å²) in [5.41, 5.74) is 9.12. The molecule has 116 valence electrons. The molecule has 0 aliphatic heterocycles. The van der Waals surface area contributed by atoms with Crippen LogP contribution in [0.4, 0.5) is 10.8 Å². The van der Waals surface area contributed by atoms with E-state index >= 15 is 0 Å². The second-order valence-electron chi connectivity index (χ2n) is 5.12. The van der Waals surface area contributed by atoms with E-state index < -0.39 is 0 Å². The Labute approximate surface area is 138 Å². The number of carbonyl (C=O) groups is 1. The van der Waals surface area contributed by atoms with Crippen LogP contribution >= 0.6 is 11.3 Å². The molecular weight excluding hydrogens is 308 g/mol. The molecule has 0 bridgehead atoms. The van der Waals surface area contributed by atoms with Crippen molar-refractivity contribution in [2.45, 2.75) is 6.42 Å². The Morgan fingerprint density at radius 2 is 1.87 bits per heavy atom. The number of hydrogen-bond donors (Lipinski definition) is 1. The van der Waals surface area contributed by atoms with Crippen molar-refractivity contribution < 1.29 is 4.79 Å². The van der Waals surface area contributed by atoms with Gasteiger partial charge >= 0.3 is 0 Å². The molecule has 0 spiro atoms. The molecule has 5 nitrogen and oxygen atoms in total. The first-order chi connectivity index (χ1) is 11.1. The van der Waals surface area contributed by atoms with Crippen molar-refractivity contribution in [2.75, 3.05) is 17.7 Å².